The van der Waals surface area contributed by atoms with Gasteiger partial charge in [0.1, 0.15) is 12.1 Å². The first-order valence-corrected chi connectivity index (χ1v) is 4.82. The van der Waals surface area contributed by atoms with Crippen molar-refractivity contribution >= 4 is 0 Å². The molecule has 15 heavy (non-hydrogen) atoms. The maximum atomic E-state index is 8.82. The van der Waals surface area contributed by atoms with Crippen molar-refractivity contribution in [3.8, 4) is 0 Å². The van der Waals surface area contributed by atoms with E-state index in [0.717, 1.165) is 0 Å². The number of nitrogens with two attached hydrogens (primary N) is 1. The topological polar surface area (TPSA) is 94.4 Å². The van der Waals surface area contributed by atoms with Gasteiger partial charge in [0, 0.05) is 7.11 Å². The molecule has 0 aliphatic heterocycles. The highest BCUT2D eigenvalue weighted by molar-refractivity contribution is 4.95. The number of methoxy groups -OCH3 is 1. The van der Waals surface area contributed by atoms with Crippen molar-refractivity contribution in [1.82, 2.24) is 10.1 Å². The smallest absolute Gasteiger partial charge is 0.246 e. The molecule has 86 valence electrons. The second-order valence-corrected chi connectivity index (χ2v) is 3.68. The predicted molar refractivity (Wildman–Crippen MR) is 52.9 cm³/mol. The van der Waals surface area contributed by atoms with E-state index in [1.165, 1.54) is 0 Å². The minimum atomic E-state index is -0.629. The number of ether oxygens (including phenoxy) is 1. The van der Waals surface area contributed by atoms with Crippen LogP contribution in [0, 0.1) is 5.92 Å². The standard InChI is InChI=1S/C9H17N3O3/c1-5(2)7(14-3)8-11-9(15-12-8)6(10)4-13/h5-7,13H,4,10H2,1-3H3. The summed E-state index contributed by atoms with van der Waals surface area (Å²) in [4.78, 5) is 4.09. The summed E-state index contributed by atoms with van der Waals surface area (Å²) in [5.41, 5.74) is 5.54. The summed E-state index contributed by atoms with van der Waals surface area (Å²) in [5.74, 6) is 0.937. The minimum Gasteiger partial charge on any atom is -0.394 e. The Morgan fingerprint density at radius 2 is 2.20 bits per heavy atom. The maximum absolute atomic E-state index is 8.82. The van der Waals surface area contributed by atoms with E-state index in [0.29, 0.717) is 5.82 Å². The van der Waals surface area contributed by atoms with Gasteiger partial charge in [-0.3, -0.25) is 0 Å². The fourth-order valence-corrected chi connectivity index (χ4v) is 1.27. The number of hydrogen-bond donors (Lipinski definition) is 2. The quantitative estimate of drug-likeness (QED) is 0.738. The van der Waals surface area contributed by atoms with E-state index in [1.807, 2.05) is 13.8 Å². The van der Waals surface area contributed by atoms with Crippen LogP contribution in [0.2, 0.25) is 0 Å². The minimum absolute atomic E-state index is 0.214. The lowest BCUT2D eigenvalue weighted by Gasteiger charge is -2.14. The molecule has 1 heterocycles. The molecule has 2 atom stereocenters. The van der Waals surface area contributed by atoms with Gasteiger partial charge in [0.15, 0.2) is 0 Å². The summed E-state index contributed by atoms with van der Waals surface area (Å²) in [6, 6.07) is -0.629. The zero-order valence-corrected chi connectivity index (χ0v) is 9.17. The summed E-state index contributed by atoms with van der Waals surface area (Å²) in [6.45, 7) is 3.77. The van der Waals surface area contributed by atoms with E-state index in [4.69, 9.17) is 20.1 Å². The van der Waals surface area contributed by atoms with Crippen LogP contribution in [0.15, 0.2) is 4.52 Å². The Balaban J connectivity index is 2.82. The van der Waals surface area contributed by atoms with Crippen molar-refractivity contribution in [3.63, 3.8) is 0 Å². The molecule has 6 nitrogen and oxygen atoms in total. The first-order valence-electron chi connectivity index (χ1n) is 4.82. The molecule has 2 unspecified atom stereocenters. The zero-order chi connectivity index (χ0) is 11.4. The molecule has 1 aromatic heterocycles. The average molecular weight is 215 g/mol. The number of rotatable bonds is 5. The number of aliphatic hydroxyl groups excluding tert-OH is 1. The lowest BCUT2D eigenvalue weighted by molar-refractivity contribution is 0.0555. The molecule has 0 aliphatic carbocycles. The average Bonchev–Trinajstić information content (AvgIpc) is 2.66. The van der Waals surface area contributed by atoms with Crippen molar-refractivity contribution in [2.24, 2.45) is 11.7 Å². The van der Waals surface area contributed by atoms with Crippen molar-refractivity contribution in [2.45, 2.75) is 26.0 Å². The molecule has 0 radical (unpaired) electrons. The Morgan fingerprint density at radius 1 is 1.53 bits per heavy atom. The Kier molecular flexibility index (Phi) is 4.19. The summed E-state index contributed by atoms with van der Waals surface area (Å²) >= 11 is 0. The van der Waals surface area contributed by atoms with Gasteiger partial charge in [0.25, 0.3) is 0 Å². The van der Waals surface area contributed by atoms with E-state index in [2.05, 4.69) is 10.1 Å². The van der Waals surface area contributed by atoms with Gasteiger partial charge in [-0.2, -0.15) is 4.98 Å². The Morgan fingerprint density at radius 3 is 2.67 bits per heavy atom. The molecule has 3 N–H and O–H groups in total. The van der Waals surface area contributed by atoms with E-state index in [1.54, 1.807) is 7.11 Å². The van der Waals surface area contributed by atoms with Crippen LogP contribution < -0.4 is 5.73 Å². The maximum Gasteiger partial charge on any atom is 0.246 e. The first-order chi connectivity index (χ1) is 7.10. The van der Waals surface area contributed by atoms with Crippen LogP contribution in [-0.4, -0.2) is 29.0 Å². The first kappa shape index (κ1) is 12.1. The van der Waals surface area contributed by atoms with Crippen LogP contribution in [-0.2, 0) is 4.74 Å². The molecular weight excluding hydrogens is 198 g/mol. The molecule has 6 heteroatoms. The van der Waals surface area contributed by atoms with Crippen LogP contribution in [0.3, 0.4) is 0 Å². The lowest BCUT2D eigenvalue weighted by atomic mass is 10.1. The summed E-state index contributed by atoms with van der Waals surface area (Å²) in [6.07, 6.45) is -0.214. The van der Waals surface area contributed by atoms with Gasteiger partial charge in [-0.1, -0.05) is 19.0 Å². The third-order valence-electron chi connectivity index (χ3n) is 2.09. The highest BCUT2D eigenvalue weighted by Gasteiger charge is 2.22. The summed E-state index contributed by atoms with van der Waals surface area (Å²) < 4.78 is 10.2. The van der Waals surface area contributed by atoms with E-state index in [-0.39, 0.29) is 24.5 Å². The van der Waals surface area contributed by atoms with Crippen molar-refractivity contribution in [3.05, 3.63) is 11.7 Å². The van der Waals surface area contributed by atoms with E-state index < -0.39 is 6.04 Å². The van der Waals surface area contributed by atoms with Crippen LogP contribution >= 0.6 is 0 Å². The number of aromatic nitrogens is 2. The van der Waals surface area contributed by atoms with Crippen LogP contribution in [0.5, 0.6) is 0 Å². The van der Waals surface area contributed by atoms with E-state index >= 15 is 0 Å². The molecule has 1 rings (SSSR count). The van der Waals surface area contributed by atoms with Crippen molar-refractivity contribution in [2.75, 3.05) is 13.7 Å². The predicted octanol–water partition coefficient (Wildman–Crippen LogP) is 0.405. The number of aliphatic hydroxyl groups is 1. The molecule has 0 aromatic carbocycles. The van der Waals surface area contributed by atoms with Gasteiger partial charge in [-0.25, -0.2) is 0 Å². The van der Waals surface area contributed by atoms with Gasteiger partial charge in [0.05, 0.1) is 6.61 Å². The van der Waals surface area contributed by atoms with Crippen LogP contribution in [0.1, 0.15) is 37.7 Å². The van der Waals surface area contributed by atoms with Gasteiger partial charge < -0.3 is 20.1 Å². The third-order valence-corrected chi connectivity index (χ3v) is 2.09. The van der Waals surface area contributed by atoms with Crippen LogP contribution in [0.25, 0.3) is 0 Å². The van der Waals surface area contributed by atoms with Crippen molar-refractivity contribution in [1.29, 1.82) is 0 Å². The van der Waals surface area contributed by atoms with Gasteiger partial charge in [0.2, 0.25) is 11.7 Å². The molecule has 1 aromatic rings. The molecule has 0 saturated carbocycles. The van der Waals surface area contributed by atoms with Crippen molar-refractivity contribution < 1.29 is 14.4 Å². The normalized spacial score (nSPS) is 15.6. The number of nitrogens with zero attached hydrogens (tertiary/aromatic N) is 2. The second kappa shape index (κ2) is 5.20. The monoisotopic (exact) mass is 215 g/mol. The fraction of sp³-hybridized carbons (Fsp3) is 0.778. The molecule has 0 fully saturated rings. The number of hydrogen-bond acceptors (Lipinski definition) is 6. The highest BCUT2D eigenvalue weighted by Crippen LogP contribution is 2.23. The SMILES string of the molecule is COC(c1noc(C(N)CO)n1)C(C)C. The Hall–Kier alpha value is -0.980. The van der Waals surface area contributed by atoms with Gasteiger partial charge in [-0.05, 0) is 5.92 Å². The van der Waals surface area contributed by atoms with Gasteiger partial charge >= 0.3 is 0 Å². The summed E-state index contributed by atoms with van der Waals surface area (Å²) in [5, 5.41) is 12.6. The van der Waals surface area contributed by atoms with E-state index in [9.17, 15) is 0 Å². The largest absolute Gasteiger partial charge is 0.394 e. The Labute approximate surface area is 88.4 Å². The molecule has 0 aliphatic rings. The zero-order valence-electron chi connectivity index (χ0n) is 9.17. The highest BCUT2D eigenvalue weighted by atomic mass is 16.5. The molecule has 0 amide bonds. The van der Waals surface area contributed by atoms with Gasteiger partial charge in [-0.15, -0.1) is 0 Å². The summed E-state index contributed by atoms with van der Waals surface area (Å²) in [7, 11) is 1.59. The second-order valence-electron chi connectivity index (χ2n) is 3.68. The third kappa shape index (κ3) is 2.74. The molecule has 0 bridgehead atoms. The van der Waals surface area contributed by atoms with Crippen LogP contribution in [0.4, 0.5) is 0 Å². The Bertz CT molecular complexity index is 301. The molecule has 0 spiro atoms. The fourth-order valence-electron chi connectivity index (χ4n) is 1.27. The molecular formula is C9H17N3O3. The lowest BCUT2D eigenvalue weighted by Crippen LogP contribution is -2.15. The molecule has 0 saturated heterocycles.